The van der Waals surface area contributed by atoms with Crippen LogP contribution in [-0.4, -0.2) is 25.0 Å². The van der Waals surface area contributed by atoms with Gasteiger partial charge in [-0.05, 0) is 42.5 Å². The van der Waals surface area contributed by atoms with Gasteiger partial charge < -0.3 is 10.1 Å². The summed E-state index contributed by atoms with van der Waals surface area (Å²) in [7, 11) is 1.56. The van der Waals surface area contributed by atoms with Crippen molar-refractivity contribution in [2.45, 2.75) is 12.5 Å². The molecule has 0 saturated carbocycles. The van der Waals surface area contributed by atoms with E-state index >= 15 is 0 Å². The molecule has 118 valence electrons. The predicted molar refractivity (Wildman–Crippen MR) is 89.0 cm³/mol. The molecule has 1 aliphatic rings. The van der Waals surface area contributed by atoms with Crippen LogP contribution in [-0.2, 0) is 9.59 Å². The summed E-state index contributed by atoms with van der Waals surface area (Å²) in [5.74, 6) is 0.154. The molecule has 0 aromatic heterocycles. The summed E-state index contributed by atoms with van der Waals surface area (Å²) in [5, 5.41) is 3.63. The molecule has 0 spiro atoms. The highest BCUT2D eigenvalue weighted by molar-refractivity contribution is 6.30. The number of rotatable bonds is 4. The molecule has 1 fully saturated rings. The molecular formula is C17H15ClN2O3. The van der Waals surface area contributed by atoms with Crippen molar-refractivity contribution < 1.29 is 14.3 Å². The van der Waals surface area contributed by atoms with Gasteiger partial charge in [0.15, 0.2) is 0 Å². The molecular weight excluding hydrogens is 316 g/mol. The number of nitrogens with zero attached hydrogens (tertiary/aromatic N) is 1. The number of imide groups is 1. The largest absolute Gasteiger partial charge is 0.497 e. The number of benzene rings is 2. The Balaban J connectivity index is 1.79. The fourth-order valence-electron chi connectivity index (χ4n) is 2.53. The van der Waals surface area contributed by atoms with E-state index in [1.807, 2.05) is 0 Å². The third-order valence-electron chi connectivity index (χ3n) is 3.64. The van der Waals surface area contributed by atoms with Crippen molar-refractivity contribution >= 4 is 34.8 Å². The van der Waals surface area contributed by atoms with E-state index < -0.39 is 6.04 Å². The van der Waals surface area contributed by atoms with Crippen LogP contribution in [0.3, 0.4) is 0 Å². The monoisotopic (exact) mass is 330 g/mol. The van der Waals surface area contributed by atoms with Gasteiger partial charge in [0.05, 0.1) is 19.2 Å². The lowest BCUT2D eigenvalue weighted by atomic mass is 10.2. The molecule has 3 rings (SSSR count). The van der Waals surface area contributed by atoms with Crippen LogP contribution in [0.1, 0.15) is 6.42 Å². The molecule has 0 aliphatic carbocycles. The quantitative estimate of drug-likeness (QED) is 0.875. The SMILES string of the molecule is COc1ccc(N2C(=O)C[C@H](Nc3cccc(Cl)c3)C2=O)cc1. The van der Waals surface area contributed by atoms with E-state index in [9.17, 15) is 9.59 Å². The first-order valence-corrected chi connectivity index (χ1v) is 7.49. The molecule has 1 atom stereocenters. The van der Waals surface area contributed by atoms with Gasteiger partial charge in [-0.1, -0.05) is 17.7 Å². The number of amides is 2. The van der Waals surface area contributed by atoms with E-state index in [1.165, 1.54) is 4.90 Å². The summed E-state index contributed by atoms with van der Waals surface area (Å²) in [6.07, 6.45) is 0.109. The maximum atomic E-state index is 12.5. The summed E-state index contributed by atoms with van der Waals surface area (Å²) in [4.78, 5) is 25.9. The fourth-order valence-corrected chi connectivity index (χ4v) is 2.72. The molecule has 1 heterocycles. The first-order chi connectivity index (χ1) is 11.1. The number of methoxy groups -OCH3 is 1. The minimum atomic E-state index is -0.594. The highest BCUT2D eigenvalue weighted by Gasteiger charge is 2.39. The second-order valence-corrected chi connectivity index (χ2v) is 5.61. The lowest BCUT2D eigenvalue weighted by molar-refractivity contribution is -0.121. The lowest BCUT2D eigenvalue weighted by Crippen LogP contribution is -2.34. The molecule has 2 aromatic rings. The molecule has 2 aromatic carbocycles. The van der Waals surface area contributed by atoms with Crippen LogP contribution in [0.25, 0.3) is 0 Å². The van der Waals surface area contributed by atoms with Gasteiger partial charge in [-0.2, -0.15) is 0 Å². The standard InChI is InChI=1S/C17H15ClN2O3/c1-23-14-7-5-13(6-8-14)20-16(21)10-15(17(20)22)19-12-4-2-3-11(18)9-12/h2-9,15,19H,10H2,1H3/t15-/m0/s1. The zero-order valence-electron chi connectivity index (χ0n) is 12.5. The van der Waals surface area contributed by atoms with Gasteiger partial charge in [0.1, 0.15) is 11.8 Å². The Labute approximate surface area is 138 Å². The maximum absolute atomic E-state index is 12.5. The highest BCUT2D eigenvalue weighted by atomic mass is 35.5. The van der Waals surface area contributed by atoms with Crippen molar-refractivity contribution in [3.8, 4) is 5.75 Å². The summed E-state index contributed by atoms with van der Waals surface area (Å²) in [6, 6.07) is 13.3. The first kappa shape index (κ1) is 15.4. The third kappa shape index (κ3) is 3.14. The fraction of sp³-hybridized carbons (Fsp3) is 0.176. The predicted octanol–water partition coefficient (Wildman–Crippen LogP) is 3.09. The number of hydrogen-bond donors (Lipinski definition) is 1. The Kier molecular flexibility index (Phi) is 4.21. The smallest absolute Gasteiger partial charge is 0.256 e. The van der Waals surface area contributed by atoms with E-state index in [-0.39, 0.29) is 18.2 Å². The van der Waals surface area contributed by atoms with Crippen molar-refractivity contribution in [3.63, 3.8) is 0 Å². The van der Waals surface area contributed by atoms with E-state index in [1.54, 1.807) is 55.6 Å². The van der Waals surface area contributed by atoms with Crippen LogP contribution in [0.2, 0.25) is 5.02 Å². The summed E-state index contributed by atoms with van der Waals surface area (Å²) in [5.41, 5.74) is 1.25. The molecule has 2 amide bonds. The van der Waals surface area contributed by atoms with Crippen molar-refractivity contribution in [2.24, 2.45) is 0 Å². The van der Waals surface area contributed by atoms with Gasteiger partial charge in [-0.15, -0.1) is 0 Å². The molecule has 6 heteroatoms. The second kappa shape index (κ2) is 6.30. The number of halogens is 1. The van der Waals surface area contributed by atoms with Gasteiger partial charge in [-0.3, -0.25) is 9.59 Å². The Morgan fingerprint density at radius 1 is 1.17 bits per heavy atom. The molecule has 1 saturated heterocycles. The van der Waals surface area contributed by atoms with E-state index in [4.69, 9.17) is 16.3 Å². The van der Waals surface area contributed by atoms with Gasteiger partial charge in [0.25, 0.3) is 5.91 Å². The number of nitrogens with one attached hydrogen (secondary N) is 1. The molecule has 0 radical (unpaired) electrons. The zero-order chi connectivity index (χ0) is 16.4. The van der Waals surface area contributed by atoms with Gasteiger partial charge in [0, 0.05) is 10.7 Å². The molecule has 1 N–H and O–H groups in total. The molecule has 0 bridgehead atoms. The minimum absolute atomic E-state index is 0.109. The number of carbonyl (C=O) groups excluding carboxylic acids is 2. The van der Waals surface area contributed by atoms with Crippen molar-refractivity contribution in [1.82, 2.24) is 0 Å². The zero-order valence-corrected chi connectivity index (χ0v) is 13.2. The molecule has 1 aliphatic heterocycles. The average molecular weight is 331 g/mol. The van der Waals surface area contributed by atoms with Crippen LogP contribution in [0.15, 0.2) is 48.5 Å². The van der Waals surface area contributed by atoms with E-state index in [0.29, 0.717) is 22.1 Å². The second-order valence-electron chi connectivity index (χ2n) is 5.18. The number of anilines is 2. The summed E-state index contributed by atoms with van der Waals surface area (Å²) >= 11 is 5.93. The number of ether oxygens (including phenoxy) is 1. The highest BCUT2D eigenvalue weighted by Crippen LogP contribution is 2.27. The molecule has 23 heavy (non-hydrogen) atoms. The van der Waals surface area contributed by atoms with Crippen LogP contribution in [0, 0.1) is 0 Å². The number of carbonyl (C=O) groups is 2. The lowest BCUT2D eigenvalue weighted by Gasteiger charge is -2.16. The van der Waals surface area contributed by atoms with Crippen molar-refractivity contribution in [2.75, 3.05) is 17.3 Å². The Hall–Kier alpha value is -2.53. The third-order valence-corrected chi connectivity index (χ3v) is 3.88. The normalized spacial score (nSPS) is 17.5. The van der Waals surface area contributed by atoms with E-state index in [0.717, 1.165) is 0 Å². The summed E-state index contributed by atoms with van der Waals surface area (Å²) in [6.45, 7) is 0. The van der Waals surface area contributed by atoms with Crippen molar-refractivity contribution in [1.29, 1.82) is 0 Å². The topological polar surface area (TPSA) is 58.6 Å². The average Bonchev–Trinajstić information content (AvgIpc) is 2.81. The maximum Gasteiger partial charge on any atom is 0.256 e. The van der Waals surface area contributed by atoms with E-state index in [2.05, 4.69) is 5.32 Å². The molecule has 5 nitrogen and oxygen atoms in total. The Bertz CT molecular complexity index is 746. The Morgan fingerprint density at radius 2 is 1.91 bits per heavy atom. The van der Waals surface area contributed by atoms with Crippen LogP contribution in [0.4, 0.5) is 11.4 Å². The minimum Gasteiger partial charge on any atom is -0.497 e. The summed E-state index contributed by atoms with van der Waals surface area (Å²) < 4.78 is 5.08. The van der Waals surface area contributed by atoms with Crippen LogP contribution in [0.5, 0.6) is 5.75 Å². The van der Waals surface area contributed by atoms with Crippen LogP contribution < -0.4 is 15.0 Å². The van der Waals surface area contributed by atoms with Gasteiger partial charge in [-0.25, -0.2) is 4.90 Å². The van der Waals surface area contributed by atoms with Crippen LogP contribution >= 0.6 is 11.6 Å². The van der Waals surface area contributed by atoms with Gasteiger partial charge >= 0.3 is 0 Å². The number of hydrogen-bond acceptors (Lipinski definition) is 4. The first-order valence-electron chi connectivity index (χ1n) is 7.11. The van der Waals surface area contributed by atoms with Crippen molar-refractivity contribution in [3.05, 3.63) is 53.6 Å². The van der Waals surface area contributed by atoms with Gasteiger partial charge in [0.2, 0.25) is 5.91 Å². The molecule has 0 unspecified atom stereocenters. The Morgan fingerprint density at radius 3 is 2.57 bits per heavy atom.